The summed E-state index contributed by atoms with van der Waals surface area (Å²) in [5.74, 6) is -0.581. The maximum absolute atomic E-state index is 14.5. The molecule has 2 N–H and O–H groups in total. The predicted molar refractivity (Wildman–Crippen MR) is 85.9 cm³/mol. The first-order valence-electron chi connectivity index (χ1n) is 7.78. The van der Waals surface area contributed by atoms with Gasteiger partial charge < -0.3 is 10.5 Å². The molecule has 5 heteroatoms. The van der Waals surface area contributed by atoms with Crippen LogP contribution in [0, 0.1) is 5.82 Å². The van der Waals surface area contributed by atoms with Crippen molar-refractivity contribution in [3.8, 4) is 17.0 Å². The Balaban J connectivity index is 2.20. The number of aryl methyl sites for hydroxylation is 1. The molecule has 1 amide bonds. The molecule has 0 spiro atoms. The van der Waals surface area contributed by atoms with Gasteiger partial charge in [-0.15, -0.1) is 0 Å². The number of amides is 1. The van der Waals surface area contributed by atoms with Crippen molar-refractivity contribution in [1.82, 2.24) is 4.98 Å². The minimum Gasteiger partial charge on any atom is -0.474 e. The SMILES string of the molecule is CCc1ccc(-c2cc(C(N)=O)nc3c2CC[C@H](C)O3)c(F)c1. The van der Waals surface area contributed by atoms with Gasteiger partial charge in [-0.1, -0.05) is 19.1 Å². The Kier molecular flexibility index (Phi) is 4.03. The number of pyridine rings is 1. The van der Waals surface area contributed by atoms with E-state index < -0.39 is 5.91 Å². The molecule has 0 unspecified atom stereocenters. The second-order valence-electron chi connectivity index (χ2n) is 5.84. The average molecular weight is 314 g/mol. The molecule has 1 atom stereocenters. The molecule has 0 fully saturated rings. The zero-order valence-electron chi connectivity index (χ0n) is 13.2. The van der Waals surface area contributed by atoms with Crippen LogP contribution < -0.4 is 10.5 Å². The summed E-state index contributed by atoms with van der Waals surface area (Å²) in [5.41, 5.74) is 8.29. The highest BCUT2D eigenvalue weighted by Gasteiger charge is 2.24. The minimum atomic E-state index is -0.651. The fraction of sp³-hybridized carbons (Fsp3) is 0.333. The van der Waals surface area contributed by atoms with Gasteiger partial charge in [-0.05, 0) is 49.4 Å². The molecule has 0 bridgehead atoms. The molecule has 3 rings (SSSR count). The molecule has 0 saturated carbocycles. The van der Waals surface area contributed by atoms with Crippen molar-refractivity contribution in [2.45, 2.75) is 39.2 Å². The number of aromatic nitrogens is 1. The van der Waals surface area contributed by atoms with E-state index in [0.29, 0.717) is 17.0 Å². The van der Waals surface area contributed by atoms with Gasteiger partial charge in [-0.25, -0.2) is 9.37 Å². The molecule has 23 heavy (non-hydrogen) atoms. The van der Waals surface area contributed by atoms with Crippen molar-refractivity contribution in [3.05, 3.63) is 46.9 Å². The van der Waals surface area contributed by atoms with Crippen LogP contribution in [0.15, 0.2) is 24.3 Å². The Morgan fingerprint density at radius 1 is 1.39 bits per heavy atom. The van der Waals surface area contributed by atoms with Crippen molar-refractivity contribution in [1.29, 1.82) is 0 Å². The standard InChI is InChI=1S/C18H19FN2O2/c1-3-11-5-7-12(15(19)8-11)14-9-16(17(20)22)21-18-13(14)6-4-10(2)23-18/h5,7-10H,3-4,6H2,1-2H3,(H2,20,22)/t10-/m0/s1. The Morgan fingerprint density at radius 3 is 2.83 bits per heavy atom. The van der Waals surface area contributed by atoms with Gasteiger partial charge in [0.1, 0.15) is 11.5 Å². The third kappa shape index (κ3) is 2.91. The summed E-state index contributed by atoms with van der Waals surface area (Å²) < 4.78 is 20.3. The molecular formula is C18H19FN2O2. The van der Waals surface area contributed by atoms with Gasteiger partial charge in [0.05, 0.1) is 6.10 Å². The lowest BCUT2D eigenvalue weighted by atomic mass is 9.93. The van der Waals surface area contributed by atoms with E-state index in [-0.39, 0.29) is 17.6 Å². The van der Waals surface area contributed by atoms with Crippen LogP contribution in [0.4, 0.5) is 4.39 Å². The zero-order valence-corrected chi connectivity index (χ0v) is 13.2. The van der Waals surface area contributed by atoms with Crippen LogP contribution in [0.5, 0.6) is 5.88 Å². The zero-order chi connectivity index (χ0) is 16.6. The Hall–Kier alpha value is -2.43. The van der Waals surface area contributed by atoms with Gasteiger partial charge in [-0.2, -0.15) is 0 Å². The van der Waals surface area contributed by atoms with Crippen LogP contribution >= 0.6 is 0 Å². The molecule has 1 aromatic carbocycles. The first-order chi connectivity index (χ1) is 11.0. The van der Waals surface area contributed by atoms with Gasteiger partial charge in [0.25, 0.3) is 5.91 Å². The van der Waals surface area contributed by atoms with Crippen molar-refractivity contribution in [2.75, 3.05) is 0 Å². The topological polar surface area (TPSA) is 65.2 Å². The monoisotopic (exact) mass is 314 g/mol. The van der Waals surface area contributed by atoms with Gasteiger partial charge in [-0.3, -0.25) is 4.79 Å². The summed E-state index contributed by atoms with van der Waals surface area (Å²) >= 11 is 0. The van der Waals surface area contributed by atoms with Gasteiger partial charge >= 0.3 is 0 Å². The van der Waals surface area contributed by atoms with Crippen LogP contribution in [0.1, 0.15) is 41.9 Å². The Labute approximate surface area is 134 Å². The number of benzene rings is 1. The van der Waals surface area contributed by atoms with Crippen LogP contribution in [0.2, 0.25) is 0 Å². The summed E-state index contributed by atoms with van der Waals surface area (Å²) in [7, 11) is 0. The number of carbonyl (C=O) groups excluding carboxylic acids is 1. The van der Waals surface area contributed by atoms with E-state index in [9.17, 15) is 9.18 Å². The highest BCUT2D eigenvalue weighted by Crippen LogP contribution is 2.36. The molecule has 120 valence electrons. The van der Waals surface area contributed by atoms with E-state index in [4.69, 9.17) is 10.5 Å². The molecule has 2 aromatic rings. The number of nitrogens with two attached hydrogens (primary N) is 1. The summed E-state index contributed by atoms with van der Waals surface area (Å²) in [6.07, 6.45) is 2.33. The number of halogens is 1. The Bertz CT molecular complexity index is 774. The summed E-state index contributed by atoms with van der Waals surface area (Å²) in [5, 5.41) is 0. The van der Waals surface area contributed by atoms with Crippen molar-refractivity contribution in [3.63, 3.8) is 0 Å². The lowest BCUT2D eigenvalue weighted by Gasteiger charge is -2.25. The van der Waals surface area contributed by atoms with Crippen LogP contribution in [-0.2, 0) is 12.8 Å². The molecule has 0 radical (unpaired) electrons. The number of primary amides is 1. The van der Waals surface area contributed by atoms with Gasteiger partial charge in [0.15, 0.2) is 0 Å². The molecule has 1 aliphatic rings. The van der Waals surface area contributed by atoms with E-state index >= 15 is 0 Å². The number of nitrogens with zero attached hydrogens (tertiary/aromatic N) is 1. The van der Waals surface area contributed by atoms with E-state index in [2.05, 4.69) is 4.98 Å². The van der Waals surface area contributed by atoms with Gasteiger partial charge in [0, 0.05) is 11.1 Å². The van der Waals surface area contributed by atoms with Crippen molar-refractivity contribution >= 4 is 5.91 Å². The molecule has 0 saturated heterocycles. The normalized spacial score (nSPS) is 16.6. The number of fused-ring (bicyclic) bond motifs is 1. The first kappa shape index (κ1) is 15.5. The smallest absolute Gasteiger partial charge is 0.267 e. The number of ether oxygens (including phenoxy) is 1. The van der Waals surface area contributed by atoms with E-state index in [1.54, 1.807) is 12.1 Å². The molecule has 4 nitrogen and oxygen atoms in total. The van der Waals surface area contributed by atoms with Crippen LogP contribution in [0.25, 0.3) is 11.1 Å². The van der Waals surface area contributed by atoms with Crippen molar-refractivity contribution < 1.29 is 13.9 Å². The fourth-order valence-electron chi connectivity index (χ4n) is 2.85. The lowest BCUT2D eigenvalue weighted by molar-refractivity contribution is 0.0992. The number of hydrogen-bond acceptors (Lipinski definition) is 3. The summed E-state index contributed by atoms with van der Waals surface area (Å²) in [4.78, 5) is 15.7. The van der Waals surface area contributed by atoms with E-state index in [1.807, 2.05) is 19.9 Å². The first-order valence-corrected chi connectivity index (χ1v) is 7.78. The highest BCUT2D eigenvalue weighted by molar-refractivity contribution is 5.93. The van der Waals surface area contributed by atoms with Crippen LogP contribution in [0.3, 0.4) is 0 Å². The minimum absolute atomic E-state index is 0.0123. The largest absolute Gasteiger partial charge is 0.474 e. The number of hydrogen-bond donors (Lipinski definition) is 1. The van der Waals surface area contributed by atoms with E-state index in [1.165, 1.54) is 6.07 Å². The molecular weight excluding hydrogens is 295 g/mol. The maximum atomic E-state index is 14.5. The van der Waals surface area contributed by atoms with Crippen LogP contribution in [-0.4, -0.2) is 17.0 Å². The number of carbonyl (C=O) groups is 1. The fourth-order valence-corrected chi connectivity index (χ4v) is 2.85. The number of rotatable bonds is 3. The molecule has 1 aromatic heterocycles. The predicted octanol–water partition coefficient (Wildman–Crippen LogP) is 3.26. The molecule has 2 heterocycles. The van der Waals surface area contributed by atoms with E-state index in [0.717, 1.165) is 30.4 Å². The summed E-state index contributed by atoms with van der Waals surface area (Å²) in [6.45, 7) is 3.92. The second-order valence-corrected chi connectivity index (χ2v) is 5.84. The molecule has 0 aliphatic carbocycles. The van der Waals surface area contributed by atoms with Crippen molar-refractivity contribution in [2.24, 2.45) is 5.73 Å². The quantitative estimate of drug-likeness (QED) is 0.945. The second kappa shape index (κ2) is 5.99. The Morgan fingerprint density at radius 2 is 2.17 bits per heavy atom. The molecule has 1 aliphatic heterocycles. The summed E-state index contributed by atoms with van der Waals surface area (Å²) in [6, 6.07) is 6.72. The average Bonchev–Trinajstić information content (AvgIpc) is 2.53. The lowest BCUT2D eigenvalue weighted by Crippen LogP contribution is -2.23. The van der Waals surface area contributed by atoms with Gasteiger partial charge in [0.2, 0.25) is 5.88 Å². The third-order valence-electron chi connectivity index (χ3n) is 4.18. The third-order valence-corrected chi connectivity index (χ3v) is 4.18. The maximum Gasteiger partial charge on any atom is 0.267 e. The highest BCUT2D eigenvalue weighted by atomic mass is 19.1.